The summed E-state index contributed by atoms with van der Waals surface area (Å²) in [4.78, 5) is 44.0. The largest absolute Gasteiger partial charge is 0.329 e. The van der Waals surface area contributed by atoms with E-state index in [1.165, 1.54) is 12.1 Å². The van der Waals surface area contributed by atoms with Crippen LogP contribution in [0.15, 0.2) is 71.5 Å². The number of hydrogen-bond acceptors (Lipinski definition) is 5. The smallest absolute Gasteiger partial charge is 0.270 e. The van der Waals surface area contributed by atoms with Gasteiger partial charge in [0.05, 0.1) is 38.1 Å². The zero-order valence-electron chi connectivity index (χ0n) is 20.1. The summed E-state index contributed by atoms with van der Waals surface area (Å²) in [5.74, 6) is -0.0173. The van der Waals surface area contributed by atoms with Gasteiger partial charge < -0.3 is 4.90 Å². The van der Waals surface area contributed by atoms with E-state index < -0.39 is 16.9 Å². The molecule has 0 saturated carbocycles. The first-order valence-corrected chi connectivity index (χ1v) is 12.0. The molecule has 36 heavy (non-hydrogen) atoms. The molecule has 1 amide bonds. The molecule has 0 fully saturated rings. The number of halogens is 1. The summed E-state index contributed by atoms with van der Waals surface area (Å²) in [6.07, 6.45) is 0.864. The predicted molar refractivity (Wildman–Crippen MR) is 140 cm³/mol. The van der Waals surface area contributed by atoms with Crippen molar-refractivity contribution in [1.29, 1.82) is 0 Å². The van der Waals surface area contributed by atoms with Gasteiger partial charge >= 0.3 is 0 Å². The van der Waals surface area contributed by atoms with Crippen molar-refractivity contribution in [1.82, 2.24) is 14.5 Å². The SMILES string of the molecule is CCc1ccc(-n2c(C(C)N(CC)C(=O)c3ccc([N+](=O)[O-])cc3Cl)nc3ccccc3c2=O)cc1. The summed E-state index contributed by atoms with van der Waals surface area (Å²) < 4.78 is 1.54. The quantitative estimate of drug-likeness (QED) is 0.236. The van der Waals surface area contributed by atoms with Crippen LogP contribution >= 0.6 is 11.6 Å². The van der Waals surface area contributed by atoms with Crippen molar-refractivity contribution in [3.63, 3.8) is 0 Å². The third kappa shape index (κ3) is 4.59. The van der Waals surface area contributed by atoms with E-state index in [1.54, 1.807) is 34.6 Å². The number of carbonyl (C=O) groups is 1. The van der Waals surface area contributed by atoms with Crippen molar-refractivity contribution in [2.45, 2.75) is 33.2 Å². The number of carbonyl (C=O) groups excluding carboxylic acids is 1. The number of non-ortho nitro benzene ring substituents is 1. The van der Waals surface area contributed by atoms with Gasteiger partial charge in [-0.15, -0.1) is 0 Å². The summed E-state index contributed by atoms with van der Waals surface area (Å²) in [6, 6.07) is 17.9. The molecule has 0 bridgehead atoms. The molecule has 0 N–H and O–H groups in total. The summed E-state index contributed by atoms with van der Waals surface area (Å²) in [7, 11) is 0. The van der Waals surface area contributed by atoms with Crippen LogP contribution in [0.3, 0.4) is 0 Å². The van der Waals surface area contributed by atoms with E-state index in [4.69, 9.17) is 16.6 Å². The lowest BCUT2D eigenvalue weighted by Crippen LogP contribution is -2.37. The number of hydrogen-bond donors (Lipinski definition) is 0. The van der Waals surface area contributed by atoms with Gasteiger partial charge in [0.25, 0.3) is 17.2 Å². The monoisotopic (exact) mass is 504 g/mol. The molecule has 0 radical (unpaired) electrons. The average molecular weight is 505 g/mol. The van der Waals surface area contributed by atoms with E-state index in [-0.39, 0.29) is 21.8 Å². The second-order valence-electron chi connectivity index (χ2n) is 8.34. The van der Waals surface area contributed by atoms with Crippen molar-refractivity contribution in [3.8, 4) is 5.69 Å². The third-order valence-electron chi connectivity index (χ3n) is 6.24. The van der Waals surface area contributed by atoms with Gasteiger partial charge in [0.1, 0.15) is 5.82 Å². The van der Waals surface area contributed by atoms with Crippen molar-refractivity contribution >= 4 is 34.1 Å². The molecule has 1 aromatic heterocycles. The van der Waals surface area contributed by atoms with Crippen LogP contribution in [0, 0.1) is 10.1 Å². The van der Waals surface area contributed by atoms with Gasteiger partial charge in [0.2, 0.25) is 0 Å². The Kier molecular flexibility index (Phi) is 7.17. The van der Waals surface area contributed by atoms with Crippen LogP contribution in [0.5, 0.6) is 0 Å². The predicted octanol–water partition coefficient (Wildman–Crippen LogP) is 5.73. The second kappa shape index (κ2) is 10.3. The third-order valence-corrected chi connectivity index (χ3v) is 6.55. The van der Waals surface area contributed by atoms with Crippen LogP contribution in [0.2, 0.25) is 5.02 Å². The van der Waals surface area contributed by atoms with E-state index in [0.29, 0.717) is 29.0 Å². The standard InChI is InChI=1S/C27H25ClN4O4/c1-4-18-10-12-19(13-11-18)31-25(29-24-9-7-6-8-22(24)27(31)34)17(3)30(5-2)26(33)21-15-14-20(32(35)36)16-23(21)28/h6-17H,4-5H2,1-3H3. The molecule has 0 aliphatic heterocycles. The van der Waals surface area contributed by atoms with Crippen LogP contribution in [0.25, 0.3) is 16.6 Å². The minimum absolute atomic E-state index is 0.0149. The Morgan fingerprint density at radius 3 is 2.42 bits per heavy atom. The van der Waals surface area contributed by atoms with Crippen LogP contribution in [0.1, 0.15) is 48.6 Å². The second-order valence-corrected chi connectivity index (χ2v) is 8.74. The van der Waals surface area contributed by atoms with E-state index in [2.05, 4.69) is 6.92 Å². The molecule has 8 nitrogen and oxygen atoms in total. The minimum Gasteiger partial charge on any atom is -0.329 e. The molecule has 0 saturated heterocycles. The Balaban J connectivity index is 1.86. The highest BCUT2D eigenvalue weighted by Crippen LogP contribution is 2.28. The number of benzene rings is 3. The normalized spacial score (nSPS) is 11.9. The maximum Gasteiger partial charge on any atom is 0.270 e. The van der Waals surface area contributed by atoms with Crippen molar-refractivity contribution in [2.75, 3.05) is 6.54 Å². The van der Waals surface area contributed by atoms with E-state index in [1.807, 2.05) is 37.3 Å². The molecule has 4 aromatic rings. The maximum atomic E-state index is 13.6. The van der Waals surface area contributed by atoms with Crippen molar-refractivity contribution in [2.24, 2.45) is 0 Å². The highest BCUT2D eigenvalue weighted by molar-refractivity contribution is 6.34. The minimum atomic E-state index is -0.614. The molecular weight excluding hydrogens is 480 g/mol. The summed E-state index contributed by atoms with van der Waals surface area (Å²) in [6.45, 7) is 5.96. The lowest BCUT2D eigenvalue weighted by Gasteiger charge is -2.30. The molecular formula is C27H25ClN4O4. The number of aryl methyl sites for hydroxylation is 1. The van der Waals surface area contributed by atoms with Gasteiger partial charge in [0.15, 0.2) is 0 Å². The topological polar surface area (TPSA) is 98.3 Å². The van der Waals surface area contributed by atoms with Crippen LogP contribution in [0.4, 0.5) is 5.69 Å². The lowest BCUT2D eigenvalue weighted by molar-refractivity contribution is -0.384. The number of nitro benzene ring substituents is 1. The van der Waals surface area contributed by atoms with Crippen molar-refractivity contribution in [3.05, 3.63) is 109 Å². The highest BCUT2D eigenvalue weighted by atomic mass is 35.5. The van der Waals surface area contributed by atoms with Crippen LogP contribution in [-0.4, -0.2) is 31.8 Å². The molecule has 1 unspecified atom stereocenters. The number of nitro groups is 1. The molecule has 0 aliphatic rings. The number of aromatic nitrogens is 2. The number of para-hydroxylation sites is 1. The Morgan fingerprint density at radius 2 is 1.81 bits per heavy atom. The zero-order valence-corrected chi connectivity index (χ0v) is 20.9. The Hall–Kier alpha value is -4.04. The van der Waals surface area contributed by atoms with Gasteiger partial charge in [-0.2, -0.15) is 0 Å². The van der Waals surface area contributed by atoms with Gasteiger partial charge in [-0.1, -0.05) is 42.8 Å². The first-order valence-electron chi connectivity index (χ1n) is 11.6. The summed E-state index contributed by atoms with van der Waals surface area (Å²) in [5.41, 5.74) is 2.01. The van der Waals surface area contributed by atoms with Gasteiger partial charge in [-0.05, 0) is 56.2 Å². The molecule has 184 valence electrons. The first-order chi connectivity index (χ1) is 17.3. The van der Waals surface area contributed by atoms with Gasteiger partial charge in [-0.25, -0.2) is 4.98 Å². The summed E-state index contributed by atoms with van der Waals surface area (Å²) in [5, 5.41) is 11.5. The molecule has 0 aliphatic carbocycles. The molecule has 1 atom stereocenters. The van der Waals surface area contributed by atoms with E-state index in [0.717, 1.165) is 18.1 Å². The maximum absolute atomic E-state index is 13.6. The molecule has 0 spiro atoms. The first kappa shape index (κ1) is 25.1. The fraction of sp³-hybridized carbons (Fsp3) is 0.222. The average Bonchev–Trinajstić information content (AvgIpc) is 2.88. The van der Waals surface area contributed by atoms with E-state index >= 15 is 0 Å². The van der Waals surface area contributed by atoms with E-state index in [9.17, 15) is 19.7 Å². The van der Waals surface area contributed by atoms with Crippen molar-refractivity contribution < 1.29 is 9.72 Å². The van der Waals surface area contributed by atoms with Crippen LogP contribution < -0.4 is 5.56 Å². The van der Waals surface area contributed by atoms with Crippen LogP contribution in [-0.2, 0) is 6.42 Å². The Labute approximate surface area is 212 Å². The number of rotatable bonds is 7. The molecule has 3 aromatic carbocycles. The highest BCUT2D eigenvalue weighted by Gasteiger charge is 2.28. The molecule has 1 heterocycles. The number of fused-ring (bicyclic) bond motifs is 1. The fourth-order valence-corrected chi connectivity index (χ4v) is 4.49. The number of amides is 1. The Bertz CT molecular complexity index is 1510. The zero-order chi connectivity index (χ0) is 26.0. The molecule has 4 rings (SSSR count). The number of nitrogens with zero attached hydrogens (tertiary/aromatic N) is 4. The van der Waals surface area contributed by atoms with Gasteiger partial charge in [0, 0.05) is 18.7 Å². The lowest BCUT2D eigenvalue weighted by atomic mass is 10.1. The van der Waals surface area contributed by atoms with Gasteiger partial charge in [-0.3, -0.25) is 24.3 Å². The fourth-order valence-electron chi connectivity index (χ4n) is 4.24. The summed E-state index contributed by atoms with van der Waals surface area (Å²) >= 11 is 6.26. The Morgan fingerprint density at radius 1 is 1.11 bits per heavy atom. The molecule has 9 heteroatoms.